The summed E-state index contributed by atoms with van der Waals surface area (Å²) >= 11 is 0. The Balaban J connectivity index is 2.03. The lowest BCUT2D eigenvalue weighted by atomic mass is 9.91. The SMILES string of the molecule is CCN(C(=O)C1CCCN(S(C)(=O)=O)C1)C1CCCCC1. The van der Waals surface area contributed by atoms with E-state index in [4.69, 9.17) is 0 Å². The van der Waals surface area contributed by atoms with Gasteiger partial charge < -0.3 is 4.90 Å². The molecule has 0 bridgehead atoms. The number of sulfonamides is 1. The molecule has 0 aromatic carbocycles. The van der Waals surface area contributed by atoms with E-state index in [0.29, 0.717) is 19.1 Å². The molecule has 1 saturated carbocycles. The van der Waals surface area contributed by atoms with Gasteiger partial charge in [0.1, 0.15) is 0 Å². The Hall–Kier alpha value is -0.620. The van der Waals surface area contributed by atoms with Crippen molar-refractivity contribution in [3.05, 3.63) is 0 Å². The Labute approximate surface area is 128 Å². The van der Waals surface area contributed by atoms with Crippen LogP contribution < -0.4 is 0 Å². The van der Waals surface area contributed by atoms with Crippen molar-refractivity contribution in [1.29, 1.82) is 0 Å². The van der Waals surface area contributed by atoms with Crippen LogP contribution in [0.15, 0.2) is 0 Å². The zero-order valence-electron chi connectivity index (χ0n) is 13.3. The van der Waals surface area contributed by atoms with Crippen molar-refractivity contribution >= 4 is 15.9 Å². The summed E-state index contributed by atoms with van der Waals surface area (Å²) in [6.45, 7) is 3.68. The number of carbonyl (C=O) groups is 1. The van der Waals surface area contributed by atoms with Crippen molar-refractivity contribution < 1.29 is 13.2 Å². The average molecular weight is 316 g/mol. The molecule has 2 fully saturated rings. The molecule has 122 valence electrons. The molecule has 1 amide bonds. The second-order valence-corrected chi connectivity index (χ2v) is 8.36. The summed E-state index contributed by atoms with van der Waals surface area (Å²) in [7, 11) is -3.19. The van der Waals surface area contributed by atoms with Gasteiger partial charge >= 0.3 is 0 Å². The van der Waals surface area contributed by atoms with Gasteiger partial charge in [0.2, 0.25) is 15.9 Å². The number of hydrogen-bond acceptors (Lipinski definition) is 3. The summed E-state index contributed by atoms with van der Waals surface area (Å²) < 4.78 is 24.9. The Kier molecular flexibility index (Phi) is 5.66. The average Bonchev–Trinajstić information content (AvgIpc) is 2.48. The summed E-state index contributed by atoms with van der Waals surface area (Å²) in [5, 5.41) is 0. The minimum Gasteiger partial charge on any atom is -0.340 e. The molecule has 1 unspecified atom stereocenters. The van der Waals surface area contributed by atoms with E-state index < -0.39 is 10.0 Å². The Morgan fingerprint density at radius 2 is 1.81 bits per heavy atom. The second kappa shape index (κ2) is 7.09. The van der Waals surface area contributed by atoms with Crippen LogP contribution in [0.2, 0.25) is 0 Å². The van der Waals surface area contributed by atoms with Gasteiger partial charge in [0.25, 0.3) is 0 Å². The van der Waals surface area contributed by atoms with Crippen molar-refractivity contribution in [2.45, 2.75) is 57.9 Å². The van der Waals surface area contributed by atoms with Crippen molar-refractivity contribution in [2.24, 2.45) is 5.92 Å². The Morgan fingerprint density at radius 3 is 2.38 bits per heavy atom. The standard InChI is InChI=1S/C15H28N2O3S/c1-3-17(14-9-5-4-6-10-14)15(18)13-8-7-11-16(12-13)21(2,19)20/h13-14H,3-12H2,1-2H3. The maximum absolute atomic E-state index is 12.8. The van der Waals surface area contributed by atoms with Gasteiger partial charge in [0.15, 0.2) is 0 Å². The second-order valence-electron chi connectivity index (χ2n) is 6.38. The van der Waals surface area contributed by atoms with Crippen LogP contribution in [0.25, 0.3) is 0 Å². The van der Waals surface area contributed by atoms with E-state index in [1.807, 2.05) is 11.8 Å². The number of rotatable bonds is 4. The maximum atomic E-state index is 12.8. The fraction of sp³-hybridized carbons (Fsp3) is 0.933. The van der Waals surface area contributed by atoms with E-state index in [1.165, 1.54) is 29.8 Å². The topological polar surface area (TPSA) is 57.7 Å². The van der Waals surface area contributed by atoms with E-state index in [-0.39, 0.29) is 11.8 Å². The molecule has 6 heteroatoms. The van der Waals surface area contributed by atoms with Crippen molar-refractivity contribution in [1.82, 2.24) is 9.21 Å². The highest BCUT2D eigenvalue weighted by molar-refractivity contribution is 7.88. The third-order valence-electron chi connectivity index (χ3n) is 4.84. The first-order valence-corrected chi connectivity index (χ1v) is 10.0. The molecule has 21 heavy (non-hydrogen) atoms. The van der Waals surface area contributed by atoms with E-state index in [9.17, 15) is 13.2 Å². The molecule has 0 spiro atoms. The highest BCUT2D eigenvalue weighted by atomic mass is 32.2. The smallest absolute Gasteiger partial charge is 0.227 e. The molecule has 5 nitrogen and oxygen atoms in total. The highest BCUT2D eigenvalue weighted by Gasteiger charge is 2.34. The van der Waals surface area contributed by atoms with Crippen LogP contribution in [0, 0.1) is 5.92 Å². The van der Waals surface area contributed by atoms with Gasteiger partial charge in [0, 0.05) is 25.7 Å². The van der Waals surface area contributed by atoms with Crippen molar-refractivity contribution in [3.63, 3.8) is 0 Å². The number of piperidine rings is 1. The maximum Gasteiger partial charge on any atom is 0.227 e. The lowest BCUT2D eigenvalue weighted by Gasteiger charge is -2.38. The molecular formula is C15H28N2O3S. The highest BCUT2D eigenvalue weighted by Crippen LogP contribution is 2.26. The molecule has 0 N–H and O–H groups in total. The van der Waals surface area contributed by atoms with Crippen molar-refractivity contribution in [3.8, 4) is 0 Å². The fourth-order valence-electron chi connectivity index (χ4n) is 3.67. The quantitative estimate of drug-likeness (QED) is 0.795. The lowest BCUT2D eigenvalue weighted by Crippen LogP contribution is -2.49. The van der Waals surface area contributed by atoms with E-state index >= 15 is 0 Å². The van der Waals surface area contributed by atoms with Crippen LogP contribution in [-0.4, -0.2) is 55.5 Å². The zero-order valence-corrected chi connectivity index (χ0v) is 14.1. The first-order valence-electron chi connectivity index (χ1n) is 8.19. The Morgan fingerprint density at radius 1 is 1.14 bits per heavy atom. The normalized spacial score (nSPS) is 25.7. The van der Waals surface area contributed by atoms with Gasteiger partial charge in [-0.05, 0) is 32.6 Å². The lowest BCUT2D eigenvalue weighted by molar-refractivity contribution is -0.139. The molecule has 1 heterocycles. The molecule has 1 atom stereocenters. The summed E-state index contributed by atoms with van der Waals surface area (Å²) in [6.07, 6.45) is 8.71. The molecule has 2 aliphatic rings. The molecule has 0 aromatic heterocycles. The summed E-state index contributed by atoms with van der Waals surface area (Å²) in [4.78, 5) is 14.8. The van der Waals surface area contributed by atoms with Gasteiger partial charge in [-0.2, -0.15) is 0 Å². The first kappa shape index (κ1) is 16.7. The zero-order chi connectivity index (χ0) is 15.5. The summed E-state index contributed by atoms with van der Waals surface area (Å²) in [6, 6.07) is 0.366. The van der Waals surface area contributed by atoms with Gasteiger partial charge in [-0.1, -0.05) is 19.3 Å². The Bertz CT molecular complexity index is 458. The van der Waals surface area contributed by atoms with E-state index in [2.05, 4.69) is 0 Å². The minimum atomic E-state index is -3.19. The van der Waals surface area contributed by atoms with Gasteiger partial charge in [-0.25, -0.2) is 12.7 Å². The summed E-state index contributed by atoms with van der Waals surface area (Å²) in [5.74, 6) is 0.00750. The fourth-order valence-corrected chi connectivity index (χ4v) is 4.58. The molecule has 1 aliphatic heterocycles. The van der Waals surface area contributed by atoms with Crippen LogP contribution in [0.4, 0.5) is 0 Å². The van der Waals surface area contributed by atoms with E-state index in [0.717, 1.165) is 32.2 Å². The van der Waals surface area contributed by atoms with E-state index in [1.54, 1.807) is 0 Å². The van der Waals surface area contributed by atoms with Gasteiger partial charge in [-0.15, -0.1) is 0 Å². The van der Waals surface area contributed by atoms with Crippen LogP contribution in [-0.2, 0) is 14.8 Å². The third kappa shape index (κ3) is 4.19. The predicted molar refractivity (Wildman–Crippen MR) is 83.4 cm³/mol. The molecule has 0 aromatic rings. The third-order valence-corrected chi connectivity index (χ3v) is 6.11. The van der Waals surface area contributed by atoms with Crippen LogP contribution in [0.3, 0.4) is 0 Å². The first-order chi connectivity index (χ1) is 9.93. The number of amides is 1. The number of carbonyl (C=O) groups excluding carboxylic acids is 1. The van der Waals surface area contributed by atoms with Gasteiger partial charge in [-0.3, -0.25) is 4.79 Å². The molecule has 1 aliphatic carbocycles. The van der Waals surface area contributed by atoms with Crippen LogP contribution in [0.1, 0.15) is 51.9 Å². The molecule has 2 rings (SSSR count). The largest absolute Gasteiger partial charge is 0.340 e. The number of hydrogen-bond donors (Lipinski definition) is 0. The van der Waals surface area contributed by atoms with Crippen LogP contribution in [0.5, 0.6) is 0 Å². The molecule has 0 radical (unpaired) electrons. The monoisotopic (exact) mass is 316 g/mol. The molecular weight excluding hydrogens is 288 g/mol. The van der Waals surface area contributed by atoms with Crippen molar-refractivity contribution in [2.75, 3.05) is 25.9 Å². The minimum absolute atomic E-state index is 0.157. The summed E-state index contributed by atoms with van der Waals surface area (Å²) in [5.41, 5.74) is 0. The number of nitrogens with zero attached hydrogens (tertiary/aromatic N) is 2. The van der Waals surface area contributed by atoms with Gasteiger partial charge in [0.05, 0.1) is 12.2 Å². The molecule has 1 saturated heterocycles. The van der Waals surface area contributed by atoms with Crippen LogP contribution >= 0.6 is 0 Å². The predicted octanol–water partition coefficient (Wildman–Crippen LogP) is 1.84.